The zero-order valence-corrected chi connectivity index (χ0v) is 25.9. The van der Waals surface area contributed by atoms with Crippen molar-refractivity contribution in [2.45, 2.75) is 26.4 Å². The summed E-state index contributed by atoms with van der Waals surface area (Å²) in [6.07, 6.45) is 3.98. The number of para-hydroxylation sites is 1. The minimum absolute atomic E-state index is 0.206. The van der Waals surface area contributed by atoms with Crippen LogP contribution in [0.1, 0.15) is 36.6 Å². The molecular formula is C34H31ClN4O3S. The van der Waals surface area contributed by atoms with Crippen molar-refractivity contribution in [3.05, 3.63) is 132 Å². The third-order valence-corrected chi connectivity index (χ3v) is 9.00. The number of anilines is 1. The summed E-state index contributed by atoms with van der Waals surface area (Å²) in [5.41, 5.74) is 5.51. The quantitative estimate of drug-likeness (QED) is 0.228. The predicted octanol–water partition coefficient (Wildman–Crippen LogP) is 5.52. The highest BCUT2D eigenvalue weighted by molar-refractivity contribution is 7.07. The van der Waals surface area contributed by atoms with E-state index in [9.17, 15) is 9.59 Å². The van der Waals surface area contributed by atoms with E-state index in [1.54, 1.807) is 18.4 Å². The molecule has 2 aromatic heterocycles. The van der Waals surface area contributed by atoms with Crippen molar-refractivity contribution in [1.82, 2.24) is 9.13 Å². The second-order valence-corrected chi connectivity index (χ2v) is 12.0. The van der Waals surface area contributed by atoms with Crippen molar-refractivity contribution >= 4 is 51.6 Å². The first-order chi connectivity index (χ1) is 20.8. The van der Waals surface area contributed by atoms with Gasteiger partial charge < -0.3 is 14.2 Å². The Morgan fingerprint density at radius 1 is 1.07 bits per heavy atom. The topological polar surface area (TPSA) is 68.8 Å². The molecular weight excluding hydrogens is 580 g/mol. The molecule has 3 aromatic carbocycles. The fourth-order valence-corrected chi connectivity index (χ4v) is 6.77. The number of rotatable bonds is 7. The number of hydrogen-bond donors (Lipinski definition) is 0. The highest BCUT2D eigenvalue weighted by Gasteiger charge is 2.33. The van der Waals surface area contributed by atoms with Gasteiger partial charge in [-0.25, -0.2) is 9.79 Å². The molecule has 7 nitrogen and oxygen atoms in total. The standard InChI is InChI=1S/C34H31ClN4O3S/c1-5-42-33(41)30-21(2)36-34-39(31(30)22-14-16-25(17-15-22)37(3)4)32(40)29(43-34)18-24-20-38(28-13-9-7-11-26(24)28)19-23-10-6-8-12-27(23)35/h6-18,20,31H,5,19H2,1-4H3/b29-18+/t31-/m0/s1. The largest absolute Gasteiger partial charge is 0.463 e. The number of aromatic nitrogens is 2. The summed E-state index contributed by atoms with van der Waals surface area (Å²) >= 11 is 7.80. The summed E-state index contributed by atoms with van der Waals surface area (Å²) in [6.45, 7) is 4.39. The van der Waals surface area contributed by atoms with Crippen molar-refractivity contribution in [2.75, 3.05) is 25.6 Å². The van der Waals surface area contributed by atoms with Crippen molar-refractivity contribution in [3.63, 3.8) is 0 Å². The third-order valence-electron chi connectivity index (χ3n) is 7.65. The van der Waals surface area contributed by atoms with E-state index in [0.717, 1.165) is 33.3 Å². The average molecular weight is 611 g/mol. The number of carbonyl (C=O) groups excluding carboxylic acids is 1. The van der Waals surface area contributed by atoms with E-state index < -0.39 is 12.0 Å². The number of carbonyl (C=O) groups is 1. The van der Waals surface area contributed by atoms with Crippen LogP contribution in [0.5, 0.6) is 0 Å². The lowest BCUT2D eigenvalue weighted by Gasteiger charge is -2.25. The first-order valence-corrected chi connectivity index (χ1v) is 15.2. The maximum atomic E-state index is 14.2. The molecule has 5 aromatic rings. The Kier molecular flexibility index (Phi) is 7.81. The van der Waals surface area contributed by atoms with E-state index in [1.807, 2.05) is 85.7 Å². The zero-order valence-electron chi connectivity index (χ0n) is 24.4. The summed E-state index contributed by atoms with van der Waals surface area (Å²) in [5, 5.41) is 1.74. The maximum absolute atomic E-state index is 14.2. The van der Waals surface area contributed by atoms with Gasteiger partial charge in [-0.15, -0.1) is 0 Å². The van der Waals surface area contributed by atoms with Crippen LogP contribution in [0.4, 0.5) is 5.69 Å². The SMILES string of the molecule is CCOC(=O)C1=C(C)N=c2s/c(=C/c3cn(Cc4ccccc4Cl)c4ccccc34)c(=O)n2[C@H]1c1ccc(N(C)C)cc1. The molecule has 6 rings (SSSR count). The van der Waals surface area contributed by atoms with Crippen LogP contribution >= 0.6 is 22.9 Å². The first kappa shape index (κ1) is 28.7. The number of fused-ring (bicyclic) bond motifs is 2. The van der Waals surface area contributed by atoms with E-state index >= 15 is 0 Å². The van der Waals surface area contributed by atoms with Crippen LogP contribution in [-0.4, -0.2) is 35.8 Å². The van der Waals surface area contributed by atoms with Crippen LogP contribution in [0.2, 0.25) is 5.02 Å². The second kappa shape index (κ2) is 11.7. The molecule has 0 fully saturated rings. The molecule has 0 spiro atoms. The van der Waals surface area contributed by atoms with Gasteiger partial charge in [0, 0.05) is 54.0 Å². The van der Waals surface area contributed by atoms with Gasteiger partial charge in [0.2, 0.25) is 0 Å². The maximum Gasteiger partial charge on any atom is 0.338 e. The smallest absolute Gasteiger partial charge is 0.338 e. The van der Waals surface area contributed by atoms with E-state index in [2.05, 4.69) is 22.9 Å². The number of allylic oxidation sites excluding steroid dienone is 1. The Hall–Kier alpha value is -4.40. The minimum Gasteiger partial charge on any atom is -0.463 e. The molecule has 1 aliphatic rings. The Morgan fingerprint density at radius 2 is 1.79 bits per heavy atom. The van der Waals surface area contributed by atoms with Gasteiger partial charge in [0.15, 0.2) is 4.80 Å². The Morgan fingerprint density at radius 3 is 2.51 bits per heavy atom. The average Bonchev–Trinajstić information content (AvgIpc) is 3.50. The fraction of sp³-hybridized carbons (Fsp3) is 0.206. The summed E-state index contributed by atoms with van der Waals surface area (Å²) in [7, 11) is 3.94. The summed E-state index contributed by atoms with van der Waals surface area (Å²) < 4.78 is 9.75. The van der Waals surface area contributed by atoms with Gasteiger partial charge in [0.25, 0.3) is 5.56 Å². The van der Waals surface area contributed by atoms with E-state index in [4.69, 9.17) is 21.3 Å². The van der Waals surface area contributed by atoms with Gasteiger partial charge >= 0.3 is 5.97 Å². The fourth-order valence-electron chi connectivity index (χ4n) is 5.53. The van der Waals surface area contributed by atoms with Crippen LogP contribution < -0.4 is 19.8 Å². The number of nitrogens with zero attached hydrogens (tertiary/aromatic N) is 4. The zero-order chi connectivity index (χ0) is 30.2. The molecule has 0 saturated carbocycles. The molecule has 0 N–H and O–H groups in total. The molecule has 1 atom stereocenters. The first-order valence-electron chi connectivity index (χ1n) is 14.0. The summed E-state index contributed by atoms with van der Waals surface area (Å²) in [4.78, 5) is 34.7. The van der Waals surface area contributed by atoms with Gasteiger partial charge in [-0.2, -0.15) is 0 Å². The molecule has 9 heteroatoms. The van der Waals surface area contributed by atoms with Crippen LogP contribution in [0.25, 0.3) is 17.0 Å². The summed E-state index contributed by atoms with van der Waals surface area (Å²) in [6, 6.07) is 23.1. The van der Waals surface area contributed by atoms with Crippen molar-refractivity contribution in [1.29, 1.82) is 0 Å². The van der Waals surface area contributed by atoms with Gasteiger partial charge in [-0.1, -0.05) is 71.5 Å². The lowest BCUT2D eigenvalue weighted by molar-refractivity contribution is -0.139. The third kappa shape index (κ3) is 5.32. The van der Waals surface area contributed by atoms with Gasteiger partial charge in [-0.05, 0) is 55.3 Å². The Bertz CT molecular complexity index is 2070. The molecule has 0 amide bonds. The van der Waals surface area contributed by atoms with E-state index in [1.165, 1.54) is 11.3 Å². The molecule has 0 aliphatic carbocycles. The highest BCUT2D eigenvalue weighted by atomic mass is 35.5. The Balaban J connectivity index is 1.51. The lowest BCUT2D eigenvalue weighted by Crippen LogP contribution is -2.39. The van der Waals surface area contributed by atoms with Crippen molar-refractivity contribution < 1.29 is 9.53 Å². The molecule has 0 saturated heterocycles. The number of esters is 1. The number of halogens is 1. The highest BCUT2D eigenvalue weighted by Crippen LogP contribution is 2.32. The number of ether oxygens (including phenoxy) is 1. The summed E-state index contributed by atoms with van der Waals surface area (Å²) in [5.74, 6) is -0.470. The monoisotopic (exact) mass is 610 g/mol. The number of hydrogen-bond acceptors (Lipinski definition) is 6. The minimum atomic E-state index is -0.657. The van der Waals surface area contributed by atoms with Crippen molar-refractivity contribution in [3.8, 4) is 0 Å². The number of benzene rings is 3. The van der Waals surface area contributed by atoms with Gasteiger partial charge in [0.05, 0.1) is 28.5 Å². The van der Waals surface area contributed by atoms with Crippen LogP contribution in [-0.2, 0) is 16.1 Å². The van der Waals surface area contributed by atoms with E-state index in [-0.39, 0.29) is 12.2 Å². The second-order valence-electron chi connectivity index (χ2n) is 10.6. The van der Waals surface area contributed by atoms with Crippen LogP contribution in [0.15, 0.2) is 100 Å². The van der Waals surface area contributed by atoms with Gasteiger partial charge in [-0.3, -0.25) is 9.36 Å². The lowest BCUT2D eigenvalue weighted by atomic mass is 9.95. The van der Waals surface area contributed by atoms with Crippen molar-refractivity contribution in [2.24, 2.45) is 4.99 Å². The molecule has 0 radical (unpaired) electrons. The molecule has 3 heterocycles. The van der Waals surface area contributed by atoms with Crippen LogP contribution in [0, 0.1) is 0 Å². The molecule has 43 heavy (non-hydrogen) atoms. The normalized spacial score (nSPS) is 15.0. The Labute approximate surface area is 258 Å². The molecule has 218 valence electrons. The number of thiazole rings is 1. The predicted molar refractivity (Wildman–Crippen MR) is 174 cm³/mol. The molecule has 0 unspecified atom stereocenters. The van der Waals surface area contributed by atoms with Gasteiger partial charge in [0.1, 0.15) is 0 Å². The molecule has 0 bridgehead atoms. The van der Waals surface area contributed by atoms with E-state index in [0.29, 0.717) is 32.2 Å². The van der Waals surface area contributed by atoms with Crippen LogP contribution in [0.3, 0.4) is 0 Å². The molecule has 1 aliphatic heterocycles.